The number of hydrogen-bond donors (Lipinski definition) is 4. The summed E-state index contributed by atoms with van der Waals surface area (Å²) in [6, 6.07) is 24.7. The smallest absolute Gasteiger partial charge is 0.475 e. The van der Waals surface area contributed by atoms with Crippen molar-refractivity contribution in [1.82, 2.24) is 0 Å². The van der Waals surface area contributed by atoms with Crippen molar-refractivity contribution in [3.05, 3.63) is 90.0 Å². The SMILES string of the molecule is N=C(N)c1cccc(-c2ccccc2NC(=O)Cc2ccccc2)c1.O=C(O)C(F)(F)F. The van der Waals surface area contributed by atoms with E-state index in [1.165, 1.54) is 0 Å². The van der Waals surface area contributed by atoms with Crippen molar-refractivity contribution in [3.8, 4) is 11.1 Å². The summed E-state index contributed by atoms with van der Waals surface area (Å²) < 4.78 is 31.7. The van der Waals surface area contributed by atoms with Crippen LogP contribution in [-0.4, -0.2) is 29.0 Å². The number of anilines is 1. The highest BCUT2D eigenvalue weighted by atomic mass is 19.4. The lowest BCUT2D eigenvalue weighted by Crippen LogP contribution is -2.21. The molecule has 9 heteroatoms. The number of para-hydroxylation sites is 1. The van der Waals surface area contributed by atoms with Crippen LogP contribution < -0.4 is 11.1 Å². The Morgan fingerprint density at radius 2 is 1.53 bits per heavy atom. The number of benzene rings is 3. The Kier molecular flexibility index (Phi) is 8.11. The highest BCUT2D eigenvalue weighted by molar-refractivity contribution is 5.99. The van der Waals surface area contributed by atoms with Crippen molar-refractivity contribution in [2.24, 2.45) is 5.73 Å². The van der Waals surface area contributed by atoms with Crippen LogP contribution in [-0.2, 0) is 16.0 Å². The minimum Gasteiger partial charge on any atom is -0.475 e. The van der Waals surface area contributed by atoms with Gasteiger partial charge in [-0.15, -0.1) is 0 Å². The first kappa shape index (κ1) is 24.1. The van der Waals surface area contributed by atoms with Gasteiger partial charge in [-0.25, -0.2) is 4.79 Å². The number of carboxylic acid groups (broad SMARTS) is 1. The van der Waals surface area contributed by atoms with Gasteiger partial charge in [-0.05, 0) is 23.3 Å². The van der Waals surface area contributed by atoms with Gasteiger partial charge in [-0.2, -0.15) is 13.2 Å². The fourth-order valence-electron chi connectivity index (χ4n) is 2.67. The van der Waals surface area contributed by atoms with E-state index in [0.29, 0.717) is 12.0 Å². The first-order valence-corrected chi connectivity index (χ1v) is 9.25. The molecule has 0 aliphatic carbocycles. The second-order valence-electron chi connectivity index (χ2n) is 6.55. The van der Waals surface area contributed by atoms with Gasteiger partial charge in [0.25, 0.3) is 0 Å². The summed E-state index contributed by atoms with van der Waals surface area (Å²) in [4.78, 5) is 21.3. The molecule has 0 spiro atoms. The molecule has 0 aromatic heterocycles. The number of hydrogen-bond acceptors (Lipinski definition) is 3. The number of amidine groups is 1. The monoisotopic (exact) mass is 443 g/mol. The van der Waals surface area contributed by atoms with Crippen LogP contribution in [0, 0.1) is 5.41 Å². The maximum Gasteiger partial charge on any atom is 0.490 e. The predicted octanol–water partition coefficient (Wildman–Crippen LogP) is 4.45. The number of alkyl halides is 3. The molecule has 3 aromatic rings. The number of nitrogens with two attached hydrogens (primary N) is 1. The maximum atomic E-state index is 12.4. The molecule has 166 valence electrons. The number of aliphatic carboxylic acids is 1. The lowest BCUT2D eigenvalue weighted by molar-refractivity contribution is -0.192. The van der Waals surface area contributed by atoms with Crippen LogP contribution >= 0.6 is 0 Å². The summed E-state index contributed by atoms with van der Waals surface area (Å²) in [7, 11) is 0. The Hall–Kier alpha value is -4.14. The first-order valence-electron chi connectivity index (χ1n) is 9.25. The number of amides is 1. The number of carboxylic acids is 1. The van der Waals surface area contributed by atoms with Crippen molar-refractivity contribution in [3.63, 3.8) is 0 Å². The lowest BCUT2D eigenvalue weighted by Gasteiger charge is -2.12. The number of carbonyl (C=O) groups is 2. The average Bonchev–Trinajstić information content (AvgIpc) is 2.74. The Morgan fingerprint density at radius 3 is 2.12 bits per heavy atom. The molecule has 3 rings (SSSR count). The summed E-state index contributed by atoms with van der Waals surface area (Å²) in [6.45, 7) is 0. The predicted molar refractivity (Wildman–Crippen MR) is 115 cm³/mol. The Bertz CT molecular complexity index is 1100. The summed E-state index contributed by atoms with van der Waals surface area (Å²) >= 11 is 0. The van der Waals surface area contributed by atoms with Crippen LogP contribution in [0.15, 0.2) is 78.9 Å². The molecule has 0 fully saturated rings. The lowest BCUT2D eigenvalue weighted by atomic mass is 10.0. The summed E-state index contributed by atoms with van der Waals surface area (Å²) in [5.74, 6) is -2.80. The molecule has 0 aliphatic rings. The number of rotatable bonds is 5. The van der Waals surface area contributed by atoms with Crippen LogP contribution in [0.1, 0.15) is 11.1 Å². The number of nitrogen functional groups attached to an aromatic ring is 1. The highest BCUT2D eigenvalue weighted by Gasteiger charge is 2.38. The summed E-state index contributed by atoms with van der Waals surface area (Å²) in [5, 5.41) is 17.7. The van der Waals surface area contributed by atoms with E-state index in [1.54, 1.807) is 6.07 Å². The Balaban J connectivity index is 0.000000451. The third-order valence-corrected chi connectivity index (χ3v) is 4.14. The normalized spacial score (nSPS) is 10.5. The molecule has 1 amide bonds. The third-order valence-electron chi connectivity index (χ3n) is 4.14. The second kappa shape index (κ2) is 10.8. The molecule has 0 heterocycles. The molecule has 0 aliphatic heterocycles. The van der Waals surface area contributed by atoms with Crippen LogP contribution in [0.3, 0.4) is 0 Å². The zero-order valence-corrected chi connectivity index (χ0v) is 16.7. The number of carbonyl (C=O) groups excluding carboxylic acids is 1. The standard InChI is InChI=1S/C21H19N3O.C2HF3O2/c22-21(23)17-10-6-9-16(14-17)18-11-4-5-12-19(18)24-20(25)13-15-7-2-1-3-8-15;3-2(4,5)1(6)7/h1-12,14H,13H2,(H3,22,23)(H,24,25);(H,6,7). The molecule has 6 nitrogen and oxygen atoms in total. The molecule has 0 unspecified atom stereocenters. The van der Waals surface area contributed by atoms with E-state index in [1.807, 2.05) is 72.8 Å². The van der Waals surface area contributed by atoms with Gasteiger partial charge in [0, 0.05) is 16.8 Å². The minimum atomic E-state index is -5.08. The largest absolute Gasteiger partial charge is 0.490 e. The number of halogens is 3. The molecule has 5 N–H and O–H groups in total. The van der Waals surface area contributed by atoms with Crippen molar-refractivity contribution in [2.75, 3.05) is 5.32 Å². The van der Waals surface area contributed by atoms with Crippen molar-refractivity contribution < 1.29 is 27.9 Å². The van der Waals surface area contributed by atoms with E-state index in [9.17, 15) is 18.0 Å². The van der Waals surface area contributed by atoms with E-state index in [2.05, 4.69) is 5.32 Å². The van der Waals surface area contributed by atoms with E-state index in [0.717, 1.165) is 22.4 Å². The van der Waals surface area contributed by atoms with Crippen molar-refractivity contribution in [1.29, 1.82) is 5.41 Å². The topological polar surface area (TPSA) is 116 Å². The molecule has 32 heavy (non-hydrogen) atoms. The van der Waals surface area contributed by atoms with Gasteiger partial charge in [0.05, 0.1) is 6.42 Å². The van der Waals surface area contributed by atoms with Crippen LogP contribution in [0.5, 0.6) is 0 Å². The van der Waals surface area contributed by atoms with Gasteiger partial charge in [-0.1, -0.05) is 66.7 Å². The Labute approximate surface area is 182 Å². The molecular formula is C23H20F3N3O3. The van der Waals surface area contributed by atoms with E-state index >= 15 is 0 Å². The number of nitrogens with one attached hydrogen (secondary N) is 2. The highest BCUT2D eigenvalue weighted by Crippen LogP contribution is 2.28. The summed E-state index contributed by atoms with van der Waals surface area (Å²) in [5.41, 5.74) is 9.74. The maximum absolute atomic E-state index is 12.4. The van der Waals surface area contributed by atoms with Crippen LogP contribution in [0.25, 0.3) is 11.1 Å². The van der Waals surface area contributed by atoms with Gasteiger partial charge in [0.2, 0.25) is 5.91 Å². The molecule has 0 saturated carbocycles. The Morgan fingerprint density at radius 1 is 0.938 bits per heavy atom. The third kappa shape index (κ3) is 7.28. The molecule has 0 saturated heterocycles. The molecule has 3 aromatic carbocycles. The molecule has 0 bridgehead atoms. The minimum absolute atomic E-state index is 0.0208. The fourth-order valence-corrected chi connectivity index (χ4v) is 2.67. The van der Waals surface area contributed by atoms with Gasteiger partial charge in [-0.3, -0.25) is 10.2 Å². The van der Waals surface area contributed by atoms with Gasteiger partial charge < -0.3 is 16.2 Å². The van der Waals surface area contributed by atoms with Gasteiger partial charge >= 0.3 is 12.1 Å². The van der Waals surface area contributed by atoms with Crippen molar-refractivity contribution in [2.45, 2.75) is 12.6 Å². The zero-order valence-electron chi connectivity index (χ0n) is 16.7. The quantitative estimate of drug-likeness (QED) is 0.344. The van der Waals surface area contributed by atoms with Gasteiger partial charge in [0.1, 0.15) is 5.84 Å². The van der Waals surface area contributed by atoms with Crippen LogP contribution in [0.4, 0.5) is 18.9 Å². The molecule has 0 atom stereocenters. The average molecular weight is 443 g/mol. The van der Waals surface area contributed by atoms with E-state index < -0.39 is 12.1 Å². The van der Waals surface area contributed by atoms with Crippen LogP contribution in [0.2, 0.25) is 0 Å². The summed E-state index contributed by atoms with van der Waals surface area (Å²) in [6.07, 6.45) is -4.76. The van der Waals surface area contributed by atoms with E-state index in [4.69, 9.17) is 21.0 Å². The van der Waals surface area contributed by atoms with E-state index in [-0.39, 0.29) is 11.7 Å². The zero-order chi connectivity index (χ0) is 23.7. The van der Waals surface area contributed by atoms with Gasteiger partial charge in [0.15, 0.2) is 0 Å². The fraction of sp³-hybridized carbons (Fsp3) is 0.0870. The molecular weight excluding hydrogens is 423 g/mol. The first-order chi connectivity index (χ1) is 15.1. The molecule has 0 radical (unpaired) electrons. The second-order valence-corrected chi connectivity index (χ2v) is 6.55. The van der Waals surface area contributed by atoms with Crippen molar-refractivity contribution >= 4 is 23.4 Å².